The summed E-state index contributed by atoms with van der Waals surface area (Å²) >= 11 is 0. The fraction of sp³-hybridized carbons (Fsp3) is 0.348. The van der Waals surface area contributed by atoms with Crippen molar-refractivity contribution in [1.82, 2.24) is 9.80 Å². The number of likely N-dealkylation sites (tertiary alicyclic amines) is 1. The average molecular weight is 460 g/mol. The first-order chi connectivity index (χ1) is 15.7. The van der Waals surface area contributed by atoms with E-state index in [0.717, 1.165) is 12.1 Å². The van der Waals surface area contributed by atoms with Gasteiger partial charge in [0.25, 0.3) is 5.91 Å². The van der Waals surface area contributed by atoms with E-state index in [0.29, 0.717) is 31.6 Å². The molecule has 0 aromatic heterocycles. The first kappa shape index (κ1) is 22.8. The molecule has 0 unspecified atom stereocenters. The summed E-state index contributed by atoms with van der Waals surface area (Å²) in [5.74, 6) is -0.676. The van der Waals surface area contributed by atoms with Crippen LogP contribution in [0, 0.1) is 0 Å². The van der Waals surface area contributed by atoms with Gasteiger partial charge in [0.2, 0.25) is 5.91 Å². The van der Waals surface area contributed by atoms with E-state index >= 15 is 0 Å². The quantitative estimate of drug-likeness (QED) is 0.693. The average Bonchev–Trinajstić information content (AvgIpc) is 3.08. The van der Waals surface area contributed by atoms with E-state index < -0.39 is 17.6 Å². The van der Waals surface area contributed by atoms with Crippen LogP contribution in [0.25, 0.3) is 0 Å². The van der Waals surface area contributed by atoms with Crippen molar-refractivity contribution in [2.24, 2.45) is 0 Å². The number of nitrogens with zero attached hydrogens (tertiary/aromatic N) is 3. The lowest BCUT2D eigenvalue weighted by Gasteiger charge is -2.35. The summed E-state index contributed by atoms with van der Waals surface area (Å²) in [7, 11) is 0. The van der Waals surface area contributed by atoms with Crippen LogP contribution >= 0.6 is 0 Å². The number of urea groups is 1. The normalized spacial score (nSPS) is 18.2. The molecule has 2 saturated heterocycles. The largest absolute Gasteiger partial charge is 0.416 e. The Labute approximate surface area is 188 Å². The Hall–Kier alpha value is -3.40. The van der Waals surface area contributed by atoms with Gasteiger partial charge in [-0.2, -0.15) is 13.2 Å². The van der Waals surface area contributed by atoms with Crippen molar-refractivity contribution < 1.29 is 27.6 Å². The summed E-state index contributed by atoms with van der Waals surface area (Å²) in [6.07, 6.45) is -3.29. The molecule has 10 heteroatoms. The highest BCUT2D eigenvalue weighted by Gasteiger charge is 2.41. The standard InChI is InChI=1S/C23H23F3N4O3/c24-23(25,26)16-5-4-6-17(13-16)27-20(31)14-28-11-9-18(10-12-28)29-15-21(32)30(22(29)33)19-7-2-1-3-8-19/h1-8,13,18H,9-12,14-15H2,(H,27,31). The predicted octanol–water partition coefficient (Wildman–Crippen LogP) is 3.58. The van der Waals surface area contributed by atoms with Crippen LogP contribution in [0.5, 0.6) is 0 Å². The maximum Gasteiger partial charge on any atom is 0.416 e. The third-order valence-electron chi connectivity index (χ3n) is 5.85. The highest BCUT2D eigenvalue weighted by Crippen LogP contribution is 2.31. The molecule has 2 aromatic carbocycles. The number of nitrogens with one attached hydrogen (secondary N) is 1. The monoisotopic (exact) mass is 460 g/mol. The van der Waals surface area contributed by atoms with Crippen LogP contribution in [-0.4, -0.2) is 59.9 Å². The zero-order valence-corrected chi connectivity index (χ0v) is 17.7. The van der Waals surface area contributed by atoms with E-state index in [-0.39, 0.29) is 36.8 Å². The van der Waals surface area contributed by atoms with Gasteiger partial charge in [0.1, 0.15) is 6.54 Å². The summed E-state index contributed by atoms with van der Waals surface area (Å²) in [5, 5.41) is 2.51. The molecule has 0 saturated carbocycles. The van der Waals surface area contributed by atoms with Gasteiger partial charge in [-0.3, -0.25) is 14.5 Å². The van der Waals surface area contributed by atoms with Gasteiger partial charge in [0.05, 0.1) is 17.8 Å². The van der Waals surface area contributed by atoms with Crippen molar-refractivity contribution >= 4 is 29.2 Å². The lowest BCUT2D eigenvalue weighted by Crippen LogP contribution is -2.48. The number of para-hydroxylation sites is 1. The smallest absolute Gasteiger partial charge is 0.325 e. The number of carbonyl (C=O) groups excluding carboxylic acids is 3. The number of piperidine rings is 1. The van der Waals surface area contributed by atoms with E-state index in [4.69, 9.17) is 0 Å². The third-order valence-corrected chi connectivity index (χ3v) is 5.85. The minimum Gasteiger partial charge on any atom is -0.325 e. The Balaban J connectivity index is 1.29. The summed E-state index contributed by atoms with van der Waals surface area (Å²) in [6, 6.07) is 12.8. The van der Waals surface area contributed by atoms with Gasteiger partial charge in [0.15, 0.2) is 0 Å². The van der Waals surface area contributed by atoms with Crippen molar-refractivity contribution in [2.75, 3.05) is 36.4 Å². The molecule has 174 valence electrons. The zero-order chi connectivity index (χ0) is 23.6. The summed E-state index contributed by atoms with van der Waals surface area (Å²) < 4.78 is 38.5. The minimum atomic E-state index is -4.48. The number of anilines is 2. The van der Waals surface area contributed by atoms with E-state index in [1.165, 1.54) is 17.0 Å². The molecular weight excluding hydrogens is 437 g/mol. The van der Waals surface area contributed by atoms with Gasteiger partial charge in [0, 0.05) is 24.8 Å². The predicted molar refractivity (Wildman–Crippen MR) is 116 cm³/mol. The molecule has 4 amide bonds. The van der Waals surface area contributed by atoms with Crippen LogP contribution in [-0.2, 0) is 15.8 Å². The highest BCUT2D eigenvalue weighted by atomic mass is 19.4. The van der Waals surface area contributed by atoms with Gasteiger partial charge in [-0.15, -0.1) is 0 Å². The first-order valence-corrected chi connectivity index (χ1v) is 10.6. The molecule has 7 nitrogen and oxygen atoms in total. The summed E-state index contributed by atoms with van der Waals surface area (Å²) in [5.41, 5.74) is -0.193. The number of rotatable bonds is 5. The Morgan fingerprint density at radius 1 is 1.00 bits per heavy atom. The molecule has 0 spiro atoms. The van der Waals surface area contributed by atoms with Crippen LogP contribution < -0.4 is 10.2 Å². The fourth-order valence-corrected chi connectivity index (χ4v) is 4.20. The van der Waals surface area contributed by atoms with Gasteiger partial charge in [-0.1, -0.05) is 24.3 Å². The lowest BCUT2D eigenvalue weighted by molar-refractivity contribution is -0.137. The molecule has 2 aromatic rings. The molecule has 0 bridgehead atoms. The molecule has 4 rings (SSSR count). The molecule has 1 N–H and O–H groups in total. The number of amides is 4. The molecule has 0 aliphatic carbocycles. The van der Waals surface area contributed by atoms with Crippen LogP contribution in [0.2, 0.25) is 0 Å². The van der Waals surface area contributed by atoms with Gasteiger partial charge < -0.3 is 10.2 Å². The summed E-state index contributed by atoms with van der Waals surface area (Å²) in [6.45, 7) is 1.12. The molecule has 0 atom stereocenters. The number of halogens is 3. The second-order valence-corrected chi connectivity index (χ2v) is 8.11. The van der Waals surface area contributed by atoms with Crippen LogP contribution in [0.4, 0.5) is 29.3 Å². The zero-order valence-electron chi connectivity index (χ0n) is 17.7. The molecule has 0 radical (unpaired) electrons. The maximum atomic E-state index is 12.8. The van der Waals surface area contributed by atoms with Gasteiger partial charge in [-0.05, 0) is 43.2 Å². The molecular formula is C23H23F3N4O3. The van der Waals surface area contributed by atoms with Crippen molar-refractivity contribution in [3.63, 3.8) is 0 Å². The van der Waals surface area contributed by atoms with E-state index in [2.05, 4.69) is 5.32 Å². The SMILES string of the molecule is O=C(CN1CCC(N2CC(=O)N(c3ccccc3)C2=O)CC1)Nc1cccc(C(F)(F)F)c1. The van der Waals surface area contributed by atoms with Crippen LogP contribution in [0.15, 0.2) is 54.6 Å². The number of imide groups is 1. The van der Waals surface area contributed by atoms with Crippen molar-refractivity contribution in [3.8, 4) is 0 Å². The number of benzene rings is 2. The second-order valence-electron chi connectivity index (χ2n) is 8.11. The Kier molecular flexibility index (Phi) is 6.37. The van der Waals surface area contributed by atoms with E-state index in [1.807, 2.05) is 11.0 Å². The number of alkyl halides is 3. The molecule has 2 aliphatic rings. The topological polar surface area (TPSA) is 73.0 Å². The fourth-order valence-electron chi connectivity index (χ4n) is 4.20. The third kappa shape index (κ3) is 5.16. The molecule has 33 heavy (non-hydrogen) atoms. The molecule has 2 aliphatic heterocycles. The number of carbonyl (C=O) groups is 3. The summed E-state index contributed by atoms with van der Waals surface area (Å²) in [4.78, 5) is 42.3. The highest BCUT2D eigenvalue weighted by molar-refractivity contribution is 6.19. The van der Waals surface area contributed by atoms with Gasteiger partial charge >= 0.3 is 12.2 Å². The van der Waals surface area contributed by atoms with E-state index in [1.54, 1.807) is 29.2 Å². The van der Waals surface area contributed by atoms with Crippen molar-refractivity contribution in [1.29, 1.82) is 0 Å². The van der Waals surface area contributed by atoms with E-state index in [9.17, 15) is 27.6 Å². The number of hydrogen-bond donors (Lipinski definition) is 1. The lowest BCUT2D eigenvalue weighted by atomic mass is 10.0. The first-order valence-electron chi connectivity index (χ1n) is 10.6. The maximum absolute atomic E-state index is 12.8. The van der Waals surface area contributed by atoms with Crippen molar-refractivity contribution in [3.05, 3.63) is 60.2 Å². The Bertz CT molecular complexity index is 1040. The number of hydrogen-bond acceptors (Lipinski definition) is 4. The Morgan fingerprint density at radius 2 is 1.70 bits per heavy atom. The Morgan fingerprint density at radius 3 is 2.36 bits per heavy atom. The second kappa shape index (κ2) is 9.22. The molecule has 2 heterocycles. The van der Waals surface area contributed by atoms with Crippen LogP contribution in [0.3, 0.4) is 0 Å². The molecule has 2 fully saturated rings. The minimum absolute atomic E-state index is 0.0222. The van der Waals surface area contributed by atoms with Crippen LogP contribution in [0.1, 0.15) is 18.4 Å². The van der Waals surface area contributed by atoms with Crippen molar-refractivity contribution in [2.45, 2.75) is 25.1 Å². The van der Waals surface area contributed by atoms with Gasteiger partial charge in [-0.25, -0.2) is 9.69 Å².